The Morgan fingerprint density at radius 2 is 0.614 bits per heavy atom. The Balaban J connectivity index is 1.09. The van der Waals surface area contributed by atoms with Crippen LogP contribution in [0.2, 0.25) is 0 Å². The van der Waals surface area contributed by atoms with Crippen LogP contribution in [0.4, 0.5) is 5.69 Å². The Morgan fingerprint density at radius 1 is 0.273 bits per heavy atom. The Labute approximate surface area is 501 Å². The third kappa shape index (κ3) is 6.55. The molecule has 0 bridgehead atoms. The Hall–Kier alpha value is -12.4. The molecule has 0 unspecified atom stereocenters. The van der Waals surface area contributed by atoms with Gasteiger partial charge in [0.05, 0.1) is 85.1 Å². The largest absolute Gasteiger partial charge is 0.456 e. The zero-order valence-corrected chi connectivity index (χ0v) is 46.9. The number of aromatic nitrogens is 4. The molecule has 0 radical (unpaired) electrons. The number of nitrogens with zero attached hydrogens (tertiary/aromatic N) is 6. The highest BCUT2D eigenvalue weighted by molar-refractivity contribution is 6.22. The maximum Gasteiger partial charge on any atom is 0.232 e. The zero-order valence-electron chi connectivity index (χ0n) is 46.9. The second kappa shape index (κ2) is 18.1. The van der Waals surface area contributed by atoms with Crippen molar-refractivity contribution >= 4 is 137 Å². The molecule has 8 nitrogen and oxygen atoms in total. The van der Waals surface area contributed by atoms with Crippen molar-refractivity contribution in [2.75, 3.05) is 0 Å². The molecule has 13 aromatic carbocycles. The molecule has 8 heteroatoms. The summed E-state index contributed by atoms with van der Waals surface area (Å²) in [5, 5.41) is 24.8. The van der Waals surface area contributed by atoms with E-state index in [1.54, 1.807) is 0 Å². The van der Waals surface area contributed by atoms with Gasteiger partial charge in [-0.3, -0.25) is 0 Å². The molecule has 0 atom stereocenters. The summed E-state index contributed by atoms with van der Waals surface area (Å²) in [5.41, 5.74) is 17.4. The predicted molar refractivity (Wildman–Crippen MR) is 360 cm³/mol. The predicted octanol–water partition coefficient (Wildman–Crippen LogP) is 21.6. The topological polar surface area (TPSA) is 74.2 Å². The van der Waals surface area contributed by atoms with Crippen molar-refractivity contribution in [1.29, 1.82) is 5.26 Å². The first kappa shape index (κ1) is 48.1. The number of fused-ring (bicyclic) bond motifs is 18. The first-order chi connectivity index (χ1) is 43.6. The molecule has 0 saturated carbocycles. The van der Waals surface area contributed by atoms with Crippen molar-refractivity contribution in [2.45, 2.75) is 0 Å². The summed E-state index contributed by atoms with van der Waals surface area (Å²) in [5.74, 6) is 0. The maximum absolute atomic E-state index is 12.7. The van der Waals surface area contributed by atoms with Crippen molar-refractivity contribution < 1.29 is 8.83 Å². The van der Waals surface area contributed by atoms with Crippen LogP contribution in [-0.4, -0.2) is 18.3 Å². The number of furan rings is 2. The summed E-state index contributed by atoms with van der Waals surface area (Å²) < 4.78 is 22.8. The Bertz CT molecular complexity index is 5940. The Morgan fingerprint density at radius 3 is 1.03 bits per heavy atom. The molecule has 6 aromatic heterocycles. The van der Waals surface area contributed by atoms with Crippen LogP contribution >= 0.6 is 0 Å². The van der Waals surface area contributed by atoms with E-state index in [1.807, 2.05) is 36.4 Å². The molecule has 406 valence electrons. The van der Waals surface area contributed by atoms with Crippen LogP contribution in [0.3, 0.4) is 0 Å². The molecule has 0 spiro atoms. The van der Waals surface area contributed by atoms with Crippen molar-refractivity contribution in [3.63, 3.8) is 0 Å². The molecule has 6 heterocycles. The van der Waals surface area contributed by atoms with Crippen LogP contribution in [0.25, 0.3) is 181 Å². The minimum absolute atomic E-state index is 0.193. The SMILES string of the molecule is [C-]#[N+]c1c(C#N)c(-n2c3ccccc3c3cc4c(cc32)oc2ccccc24)c(-n2c3ccccc3c3cc(-c4ccccc4)ccc32)c(-n2c3ccccc3c3cc(-c4ccccc4)ccc32)c1-n1c2ccccc2c2cc3c(cc21)oc1ccccc13. The lowest BCUT2D eigenvalue weighted by atomic mass is 10.0. The standard InChI is InChI=1S/C80H44N6O2/c1-82-76-63(46-81)77(85-66-32-16-10-26-53(66)59-42-61-55-28-12-18-34-72(55)87-74(61)44-70(59)85)79(83-64-30-14-8-24-51(64)57-40-49(36-38-68(57)83)47-20-4-2-5-21-47)80(84-65-31-15-9-25-52(65)58-41-50(37-39-69(58)84)48-22-6-3-7-23-48)78(76)86-67-33-17-11-27-54(67)60-43-62-56-29-13-19-35-73(56)88-75(62)45-71(60)86/h2-45H. The molecule has 19 rings (SSSR count). The fourth-order valence-corrected chi connectivity index (χ4v) is 14.7. The van der Waals surface area contributed by atoms with Crippen molar-refractivity contribution in [3.05, 3.63) is 284 Å². The van der Waals surface area contributed by atoms with Crippen molar-refractivity contribution in [2.24, 2.45) is 0 Å². The van der Waals surface area contributed by atoms with Gasteiger partial charge in [0.1, 0.15) is 22.3 Å². The third-order valence-corrected chi connectivity index (χ3v) is 18.4. The van der Waals surface area contributed by atoms with Gasteiger partial charge >= 0.3 is 0 Å². The number of benzene rings is 13. The van der Waals surface area contributed by atoms with Gasteiger partial charge < -0.3 is 27.1 Å². The van der Waals surface area contributed by atoms with Crippen molar-refractivity contribution in [3.8, 4) is 51.1 Å². The third-order valence-electron chi connectivity index (χ3n) is 18.4. The molecular weight excluding hydrogens is 1080 g/mol. The molecule has 0 aliphatic heterocycles. The summed E-state index contributed by atoms with van der Waals surface area (Å²) in [4.78, 5) is 4.72. The molecule has 19 aromatic rings. The average Bonchev–Trinajstić information content (AvgIpc) is 1.67. The second-order valence-electron chi connectivity index (χ2n) is 22.9. The first-order valence-electron chi connectivity index (χ1n) is 29.5. The normalized spacial score (nSPS) is 12.1. The van der Waals surface area contributed by atoms with Gasteiger partial charge in [-0.2, -0.15) is 5.26 Å². The highest BCUT2D eigenvalue weighted by atomic mass is 16.3. The lowest BCUT2D eigenvalue weighted by Gasteiger charge is -2.28. The molecule has 0 N–H and O–H groups in total. The fraction of sp³-hybridized carbons (Fsp3) is 0. The second-order valence-corrected chi connectivity index (χ2v) is 22.9. The number of hydrogen-bond acceptors (Lipinski definition) is 3. The van der Waals surface area contributed by atoms with Gasteiger partial charge in [-0.25, -0.2) is 4.85 Å². The van der Waals surface area contributed by atoms with Gasteiger partial charge in [0, 0.05) is 76.8 Å². The van der Waals surface area contributed by atoms with Crippen LogP contribution < -0.4 is 0 Å². The number of hydrogen-bond donors (Lipinski definition) is 0. The quantitative estimate of drug-likeness (QED) is 0.156. The summed E-state index contributed by atoms with van der Waals surface area (Å²) in [7, 11) is 0. The van der Waals surface area contributed by atoms with Crippen LogP contribution in [0.5, 0.6) is 0 Å². The van der Waals surface area contributed by atoms with E-state index >= 15 is 0 Å². The lowest BCUT2D eigenvalue weighted by Crippen LogP contribution is -2.15. The number of nitriles is 1. The highest BCUT2D eigenvalue weighted by Gasteiger charge is 2.35. The smallest absolute Gasteiger partial charge is 0.232 e. The van der Waals surface area contributed by atoms with Gasteiger partial charge in [0.25, 0.3) is 0 Å². The molecular formula is C80H44N6O2. The van der Waals surface area contributed by atoms with E-state index in [0.29, 0.717) is 33.9 Å². The van der Waals surface area contributed by atoms with E-state index in [2.05, 4.69) is 255 Å². The van der Waals surface area contributed by atoms with E-state index in [9.17, 15) is 11.8 Å². The van der Waals surface area contributed by atoms with E-state index in [-0.39, 0.29) is 11.3 Å². The molecule has 0 aliphatic rings. The van der Waals surface area contributed by atoms with Gasteiger partial charge in [-0.15, -0.1) is 0 Å². The molecule has 0 saturated heterocycles. The summed E-state index contributed by atoms with van der Waals surface area (Å²) in [6, 6.07) is 96.6. The maximum atomic E-state index is 12.7. The lowest BCUT2D eigenvalue weighted by molar-refractivity contribution is 0.669. The van der Waals surface area contributed by atoms with E-state index in [4.69, 9.17) is 13.7 Å². The zero-order chi connectivity index (χ0) is 57.9. The molecule has 0 fully saturated rings. The minimum atomic E-state index is 0.193. The number of rotatable bonds is 6. The van der Waals surface area contributed by atoms with Gasteiger partial charge in [0.2, 0.25) is 5.69 Å². The minimum Gasteiger partial charge on any atom is -0.456 e. The van der Waals surface area contributed by atoms with Crippen LogP contribution in [0.1, 0.15) is 5.56 Å². The van der Waals surface area contributed by atoms with Crippen molar-refractivity contribution in [1.82, 2.24) is 18.3 Å². The van der Waals surface area contributed by atoms with Crippen LogP contribution in [-0.2, 0) is 0 Å². The molecule has 0 amide bonds. The van der Waals surface area contributed by atoms with E-state index in [1.165, 1.54) is 0 Å². The van der Waals surface area contributed by atoms with Gasteiger partial charge in [-0.05, 0) is 95.1 Å². The number of para-hydroxylation sites is 6. The molecule has 88 heavy (non-hydrogen) atoms. The summed E-state index contributed by atoms with van der Waals surface area (Å²) in [6.45, 7) is 9.86. The monoisotopic (exact) mass is 1120 g/mol. The van der Waals surface area contributed by atoms with Gasteiger partial charge in [0.15, 0.2) is 0 Å². The first-order valence-corrected chi connectivity index (χ1v) is 29.5. The fourth-order valence-electron chi connectivity index (χ4n) is 14.7. The van der Waals surface area contributed by atoms with Crippen LogP contribution in [0, 0.1) is 17.9 Å². The summed E-state index contributed by atoms with van der Waals surface area (Å²) in [6.07, 6.45) is 0. The molecule has 0 aliphatic carbocycles. The van der Waals surface area contributed by atoms with E-state index in [0.717, 1.165) is 142 Å². The Kier molecular flexibility index (Phi) is 9.87. The van der Waals surface area contributed by atoms with Crippen LogP contribution in [0.15, 0.2) is 276 Å². The average molecular weight is 1120 g/mol. The highest BCUT2D eigenvalue weighted by Crippen LogP contribution is 2.53. The summed E-state index contributed by atoms with van der Waals surface area (Å²) >= 11 is 0. The van der Waals surface area contributed by atoms with Gasteiger partial charge in [-0.1, -0.05) is 182 Å². The van der Waals surface area contributed by atoms with E-state index < -0.39 is 0 Å².